The molecule has 1 aliphatic heterocycles. The van der Waals surface area contributed by atoms with Crippen LogP contribution in [-0.4, -0.2) is 47.9 Å². The number of ether oxygens (including phenoxy) is 1. The molecule has 0 spiro atoms. The fourth-order valence-corrected chi connectivity index (χ4v) is 4.43. The van der Waals surface area contributed by atoms with Crippen molar-refractivity contribution in [1.29, 1.82) is 0 Å². The van der Waals surface area contributed by atoms with Crippen molar-refractivity contribution in [3.8, 4) is 22.9 Å². The van der Waals surface area contributed by atoms with Crippen LogP contribution in [0.3, 0.4) is 0 Å². The summed E-state index contributed by atoms with van der Waals surface area (Å²) < 4.78 is 15.4. The number of aliphatic hydroxyl groups excluding tert-OH is 1. The minimum atomic E-state index is -0.227. The van der Waals surface area contributed by atoms with Crippen molar-refractivity contribution < 1.29 is 14.4 Å². The number of hydrogen-bond acceptors (Lipinski definition) is 11. The van der Waals surface area contributed by atoms with Gasteiger partial charge in [0.1, 0.15) is 23.6 Å². The van der Waals surface area contributed by atoms with Gasteiger partial charge in [-0.3, -0.25) is 0 Å². The number of rotatable bonds is 7. The quantitative estimate of drug-likeness (QED) is 0.413. The lowest BCUT2D eigenvalue weighted by molar-refractivity contribution is 0.274. The van der Waals surface area contributed by atoms with Crippen molar-refractivity contribution in [2.45, 2.75) is 45.1 Å². The Morgan fingerprint density at radius 2 is 1.97 bits per heavy atom. The van der Waals surface area contributed by atoms with E-state index >= 15 is 0 Å². The molecule has 3 aromatic heterocycles. The highest BCUT2D eigenvalue weighted by Gasteiger charge is 2.28. The highest BCUT2D eigenvalue weighted by atomic mass is 32.1. The van der Waals surface area contributed by atoms with Crippen molar-refractivity contribution in [3.05, 3.63) is 53.3 Å². The van der Waals surface area contributed by atoms with E-state index in [1.807, 2.05) is 29.6 Å². The van der Waals surface area contributed by atoms with Gasteiger partial charge in [-0.15, -0.1) is 5.10 Å². The van der Waals surface area contributed by atoms with Crippen LogP contribution in [0.4, 0.5) is 5.82 Å². The van der Waals surface area contributed by atoms with Gasteiger partial charge in [-0.2, -0.15) is 4.98 Å². The van der Waals surface area contributed by atoms with E-state index in [2.05, 4.69) is 48.4 Å². The first-order valence-corrected chi connectivity index (χ1v) is 12.0. The first kappa shape index (κ1) is 22.4. The van der Waals surface area contributed by atoms with Crippen LogP contribution in [0.2, 0.25) is 0 Å². The van der Waals surface area contributed by atoms with Gasteiger partial charge in [0.2, 0.25) is 11.8 Å². The van der Waals surface area contributed by atoms with E-state index in [0.717, 1.165) is 43.0 Å². The van der Waals surface area contributed by atoms with Gasteiger partial charge < -0.3 is 19.3 Å². The fourth-order valence-electron chi connectivity index (χ4n) is 3.97. The molecule has 4 aromatic rings. The molecule has 176 valence electrons. The smallest absolute Gasteiger partial charge is 0.229 e. The molecule has 10 nitrogen and oxygen atoms in total. The molecule has 11 heteroatoms. The number of piperidine rings is 1. The van der Waals surface area contributed by atoms with Crippen LogP contribution in [0.5, 0.6) is 11.6 Å². The number of nitrogens with zero attached hydrogens (tertiary/aromatic N) is 7. The van der Waals surface area contributed by atoms with Gasteiger partial charge in [-0.05, 0) is 48.6 Å². The first-order chi connectivity index (χ1) is 16.6. The van der Waals surface area contributed by atoms with Crippen molar-refractivity contribution in [3.63, 3.8) is 0 Å². The second-order valence-electron chi connectivity index (χ2n) is 8.46. The van der Waals surface area contributed by atoms with Crippen LogP contribution in [0.15, 0.2) is 40.5 Å². The third-order valence-corrected chi connectivity index (χ3v) is 6.39. The van der Waals surface area contributed by atoms with Gasteiger partial charge in [-0.25, -0.2) is 9.97 Å². The van der Waals surface area contributed by atoms with Gasteiger partial charge in [0, 0.05) is 35.9 Å². The molecule has 0 unspecified atom stereocenters. The van der Waals surface area contributed by atoms with Gasteiger partial charge in [-0.1, -0.05) is 23.5 Å². The molecular weight excluding hydrogens is 454 g/mol. The Balaban J connectivity index is 1.29. The lowest BCUT2D eigenvalue weighted by Crippen LogP contribution is -2.34. The normalized spacial score (nSPS) is 14.6. The van der Waals surface area contributed by atoms with Crippen molar-refractivity contribution in [2.75, 3.05) is 18.0 Å². The molecule has 4 heterocycles. The molecule has 1 aliphatic rings. The lowest BCUT2D eigenvalue weighted by Gasteiger charge is -2.32. The molecule has 1 fully saturated rings. The Kier molecular flexibility index (Phi) is 6.45. The topological polar surface area (TPSA) is 123 Å². The van der Waals surface area contributed by atoms with Gasteiger partial charge in [0.25, 0.3) is 0 Å². The molecule has 0 saturated carbocycles. The van der Waals surface area contributed by atoms with Crippen molar-refractivity contribution >= 4 is 17.4 Å². The summed E-state index contributed by atoms with van der Waals surface area (Å²) >= 11 is 1.31. The third-order valence-electron chi connectivity index (χ3n) is 5.88. The number of anilines is 1. The zero-order valence-electron chi connectivity index (χ0n) is 19.0. The molecule has 5 rings (SSSR count). The monoisotopic (exact) mass is 479 g/mol. The standard InChI is InChI=1S/C23H25N7O3S/c1-14(2)20-26-22(33-28-20)16-7-9-30(10-8-16)21-18(11-31)23(25-13-24-21)32-17-5-3-15(4-6-17)19-12-34-29-27-19/h3-6,12-14,16,31H,7-11H2,1-2H3. The molecule has 0 radical (unpaired) electrons. The minimum Gasteiger partial charge on any atom is -0.438 e. The summed E-state index contributed by atoms with van der Waals surface area (Å²) in [4.78, 5) is 15.4. The molecule has 34 heavy (non-hydrogen) atoms. The molecule has 0 bridgehead atoms. The minimum absolute atomic E-state index is 0.220. The van der Waals surface area contributed by atoms with E-state index in [0.29, 0.717) is 28.9 Å². The largest absolute Gasteiger partial charge is 0.438 e. The Labute approximate surface area is 200 Å². The number of aliphatic hydroxyl groups is 1. The van der Waals surface area contributed by atoms with Crippen molar-refractivity contribution in [2.24, 2.45) is 0 Å². The highest BCUT2D eigenvalue weighted by molar-refractivity contribution is 7.03. The Morgan fingerprint density at radius 3 is 2.62 bits per heavy atom. The van der Waals surface area contributed by atoms with E-state index in [4.69, 9.17) is 9.26 Å². The average molecular weight is 480 g/mol. The van der Waals surface area contributed by atoms with E-state index in [1.165, 1.54) is 17.9 Å². The summed E-state index contributed by atoms with van der Waals surface area (Å²) in [6, 6.07) is 7.53. The van der Waals surface area contributed by atoms with Crippen LogP contribution in [0, 0.1) is 0 Å². The van der Waals surface area contributed by atoms with Crippen LogP contribution >= 0.6 is 11.5 Å². The Morgan fingerprint density at radius 1 is 1.18 bits per heavy atom. The van der Waals surface area contributed by atoms with Crippen LogP contribution < -0.4 is 9.64 Å². The summed E-state index contributed by atoms with van der Waals surface area (Å²) in [6.45, 7) is 5.38. The number of hydrogen-bond donors (Lipinski definition) is 1. The summed E-state index contributed by atoms with van der Waals surface area (Å²) in [6.07, 6.45) is 3.19. The zero-order chi connectivity index (χ0) is 23.5. The van der Waals surface area contributed by atoms with Crippen molar-refractivity contribution in [1.82, 2.24) is 29.7 Å². The number of benzene rings is 1. The maximum Gasteiger partial charge on any atom is 0.229 e. The lowest BCUT2D eigenvalue weighted by atomic mass is 9.96. The maximum atomic E-state index is 10.1. The SMILES string of the molecule is CC(C)c1noc(C2CCN(c3ncnc(Oc4ccc(-c5csnn5)cc4)c3CO)CC2)n1. The molecule has 0 amide bonds. The highest BCUT2D eigenvalue weighted by Crippen LogP contribution is 2.34. The predicted octanol–water partition coefficient (Wildman–Crippen LogP) is 4.17. The fraction of sp³-hybridized carbons (Fsp3) is 0.391. The first-order valence-electron chi connectivity index (χ1n) is 11.2. The van der Waals surface area contributed by atoms with Gasteiger partial charge in [0.15, 0.2) is 5.82 Å². The molecule has 1 saturated heterocycles. The summed E-state index contributed by atoms with van der Waals surface area (Å²) in [7, 11) is 0. The molecule has 1 N–H and O–H groups in total. The predicted molar refractivity (Wildman–Crippen MR) is 126 cm³/mol. The van der Waals surface area contributed by atoms with E-state index < -0.39 is 0 Å². The molecule has 0 aliphatic carbocycles. The van der Waals surface area contributed by atoms with Crippen LogP contribution in [0.25, 0.3) is 11.3 Å². The Hall–Kier alpha value is -3.44. The van der Waals surface area contributed by atoms with Gasteiger partial charge in [0.05, 0.1) is 12.2 Å². The number of aromatic nitrogens is 6. The summed E-state index contributed by atoms with van der Waals surface area (Å²) in [5.41, 5.74) is 2.34. The zero-order valence-corrected chi connectivity index (χ0v) is 19.8. The maximum absolute atomic E-state index is 10.1. The van der Waals surface area contributed by atoms with Gasteiger partial charge >= 0.3 is 0 Å². The summed E-state index contributed by atoms with van der Waals surface area (Å²) in [5.74, 6) is 3.55. The molecule has 0 atom stereocenters. The van der Waals surface area contributed by atoms with E-state index in [-0.39, 0.29) is 18.4 Å². The van der Waals surface area contributed by atoms with Crippen LogP contribution in [0.1, 0.15) is 55.8 Å². The second kappa shape index (κ2) is 9.82. The Bertz CT molecular complexity index is 1220. The molecular formula is C23H25N7O3S. The second-order valence-corrected chi connectivity index (χ2v) is 9.07. The van der Waals surface area contributed by atoms with Crippen LogP contribution in [-0.2, 0) is 6.61 Å². The third kappa shape index (κ3) is 4.62. The average Bonchev–Trinajstić information content (AvgIpc) is 3.58. The molecule has 1 aromatic carbocycles. The summed E-state index contributed by atoms with van der Waals surface area (Å²) in [5, 5.41) is 20.2. The van der Waals surface area contributed by atoms with E-state index in [9.17, 15) is 5.11 Å². The van der Waals surface area contributed by atoms with E-state index in [1.54, 1.807) is 0 Å².